The Labute approximate surface area is 143 Å². The summed E-state index contributed by atoms with van der Waals surface area (Å²) in [5.74, 6) is 1.57. The van der Waals surface area contributed by atoms with Crippen molar-refractivity contribution in [2.45, 2.75) is 26.7 Å². The molecule has 0 bridgehead atoms. The standard InChI is InChI=1S/C21H24N2O/c1-21(2)12-17-13-23(14-19(17)21)20(24)16-7-5-6-15(10-16)11-18-8-3-4-9-22-18/h3-10,17,19H,11-14H2,1-2H3/t17-,19+/m1/s1. The molecule has 1 amide bonds. The van der Waals surface area contributed by atoms with Gasteiger partial charge in [-0.3, -0.25) is 9.78 Å². The van der Waals surface area contributed by atoms with Gasteiger partial charge in [0.1, 0.15) is 0 Å². The predicted molar refractivity (Wildman–Crippen MR) is 94.8 cm³/mol. The van der Waals surface area contributed by atoms with E-state index >= 15 is 0 Å². The lowest BCUT2D eigenvalue weighted by Crippen LogP contribution is -2.42. The minimum atomic E-state index is 0.183. The van der Waals surface area contributed by atoms with Crippen LogP contribution in [-0.2, 0) is 6.42 Å². The highest BCUT2D eigenvalue weighted by molar-refractivity contribution is 5.94. The molecule has 0 radical (unpaired) electrons. The number of likely N-dealkylation sites (tertiary alicyclic amines) is 1. The highest BCUT2D eigenvalue weighted by Gasteiger charge is 2.52. The zero-order valence-electron chi connectivity index (χ0n) is 14.4. The van der Waals surface area contributed by atoms with Crippen LogP contribution in [-0.4, -0.2) is 28.9 Å². The number of fused-ring (bicyclic) bond motifs is 1. The molecule has 1 saturated carbocycles. The van der Waals surface area contributed by atoms with Crippen LogP contribution in [0.2, 0.25) is 0 Å². The van der Waals surface area contributed by atoms with Crippen LogP contribution in [0.3, 0.4) is 0 Å². The summed E-state index contributed by atoms with van der Waals surface area (Å²) in [4.78, 5) is 19.3. The van der Waals surface area contributed by atoms with Gasteiger partial charge in [-0.1, -0.05) is 32.0 Å². The van der Waals surface area contributed by atoms with E-state index in [1.54, 1.807) is 0 Å². The summed E-state index contributed by atoms with van der Waals surface area (Å²) in [6.45, 7) is 6.50. The molecule has 0 unspecified atom stereocenters. The molecule has 1 aromatic heterocycles. The molecular weight excluding hydrogens is 296 g/mol. The lowest BCUT2D eigenvalue weighted by Gasteiger charge is -2.47. The fourth-order valence-corrected chi connectivity index (χ4v) is 4.50. The zero-order chi connectivity index (χ0) is 16.7. The Balaban J connectivity index is 1.48. The van der Waals surface area contributed by atoms with Gasteiger partial charge < -0.3 is 4.90 Å². The van der Waals surface area contributed by atoms with Crippen molar-refractivity contribution in [2.24, 2.45) is 17.3 Å². The summed E-state index contributed by atoms with van der Waals surface area (Å²) in [5.41, 5.74) is 3.38. The second-order valence-corrected chi connectivity index (χ2v) is 7.97. The second-order valence-electron chi connectivity index (χ2n) is 7.97. The first-order valence-corrected chi connectivity index (χ1v) is 8.81. The van der Waals surface area contributed by atoms with E-state index in [0.29, 0.717) is 17.3 Å². The highest BCUT2D eigenvalue weighted by Crippen LogP contribution is 2.54. The van der Waals surface area contributed by atoms with Crippen molar-refractivity contribution in [1.29, 1.82) is 0 Å². The second kappa shape index (κ2) is 5.73. The molecular formula is C21H24N2O. The van der Waals surface area contributed by atoms with Crippen molar-refractivity contribution in [3.63, 3.8) is 0 Å². The van der Waals surface area contributed by atoms with Gasteiger partial charge in [-0.05, 0) is 53.5 Å². The number of hydrogen-bond donors (Lipinski definition) is 0. The minimum Gasteiger partial charge on any atom is -0.338 e. The fourth-order valence-electron chi connectivity index (χ4n) is 4.50. The number of hydrogen-bond acceptors (Lipinski definition) is 2. The summed E-state index contributed by atoms with van der Waals surface area (Å²) in [5, 5.41) is 0. The number of amides is 1. The number of nitrogens with zero attached hydrogens (tertiary/aromatic N) is 2. The average molecular weight is 320 g/mol. The van der Waals surface area contributed by atoms with Crippen LogP contribution in [0.15, 0.2) is 48.7 Å². The van der Waals surface area contributed by atoms with Gasteiger partial charge >= 0.3 is 0 Å². The van der Waals surface area contributed by atoms with Gasteiger partial charge in [-0.2, -0.15) is 0 Å². The summed E-state index contributed by atoms with van der Waals surface area (Å²) in [7, 11) is 0. The first kappa shape index (κ1) is 15.4. The molecule has 24 heavy (non-hydrogen) atoms. The Morgan fingerprint density at radius 1 is 1.21 bits per heavy atom. The molecule has 3 heteroatoms. The quantitative estimate of drug-likeness (QED) is 0.862. The maximum Gasteiger partial charge on any atom is 0.253 e. The fraction of sp³-hybridized carbons (Fsp3) is 0.429. The van der Waals surface area contributed by atoms with Crippen LogP contribution in [0.1, 0.15) is 41.9 Å². The van der Waals surface area contributed by atoms with E-state index in [0.717, 1.165) is 36.3 Å². The first-order chi connectivity index (χ1) is 11.5. The van der Waals surface area contributed by atoms with Crippen molar-refractivity contribution >= 4 is 5.91 Å². The summed E-state index contributed by atoms with van der Waals surface area (Å²) in [6.07, 6.45) is 3.83. The van der Waals surface area contributed by atoms with Crippen LogP contribution >= 0.6 is 0 Å². The van der Waals surface area contributed by atoms with Gasteiger partial charge in [0.15, 0.2) is 0 Å². The van der Waals surface area contributed by atoms with Gasteiger partial charge in [0.25, 0.3) is 5.91 Å². The molecule has 1 aromatic carbocycles. The van der Waals surface area contributed by atoms with E-state index in [-0.39, 0.29) is 5.91 Å². The number of carbonyl (C=O) groups is 1. The van der Waals surface area contributed by atoms with Crippen molar-refractivity contribution in [1.82, 2.24) is 9.88 Å². The van der Waals surface area contributed by atoms with Gasteiger partial charge in [0.05, 0.1) is 0 Å². The Bertz CT molecular complexity index is 753. The molecule has 3 nitrogen and oxygen atoms in total. The number of pyridine rings is 1. The Morgan fingerprint density at radius 2 is 2.08 bits per heavy atom. The summed E-state index contributed by atoms with van der Waals surface area (Å²) in [6, 6.07) is 14.0. The molecule has 1 saturated heterocycles. The molecule has 1 aliphatic carbocycles. The highest BCUT2D eigenvalue weighted by atomic mass is 16.2. The maximum absolute atomic E-state index is 12.9. The van der Waals surface area contributed by atoms with Crippen LogP contribution in [0, 0.1) is 17.3 Å². The minimum absolute atomic E-state index is 0.183. The number of rotatable bonds is 3. The molecule has 2 aromatic rings. The van der Waals surface area contributed by atoms with Gasteiger partial charge in [-0.15, -0.1) is 0 Å². The van der Waals surface area contributed by atoms with Gasteiger partial charge in [-0.25, -0.2) is 0 Å². The molecule has 124 valence electrons. The average Bonchev–Trinajstić information content (AvgIpc) is 2.95. The number of aromatic nitrogens is 1. The van der Waals surface area contributed by atoms with E-state index in [4.69, 9.17) is 0 Å². The lowest BCUT2D eigenvalue weighted by molar-refractivity contribution is 0.0295. The largest absolute Gasteiger partial charge is 0.338 e. The lowest BCUT2D eigenvalue weighted by atomic mass is 9.57. The third-order valence-electron chi connectivity index (χ3n) is 5.81. The van der Waals surface area contributed by atoms with E-state index in [9.17, 15) is 4.79 Å². The molecule has 2 heterocycles. The smallest absolute Gasteiger partial charge is 0.253 e. The van der Waals surface area contributed by atoms with Crippen molar-refractivity contribution in [3.8, 4) is 0 Å². The van der Waals surface area contributed by atoms with Gasteiger partial charge in [0.2, 0.25) is 0 Å². The molecule has 2 atom stereocenters. The van der Waals surface area contributed by atoms with Crippen LogP contribution in [0.5, 0.6) is 0 Å². The molecule has 2 aliphatic rings. The SMILES string of the molecule is CC1(C)C[C@@H]2CN(C(=O)c3cccc(Cc4ccccn4)c3)C[C@@H]21. The topological polar surface area (TPSA) is 33.2 Å². The monoisotopic (exact) mass is 320 g/mol. The third-order valence-corrected chi connectivity index (χ3v) is 5.81. The van der Waals surface area contributed by atoms with E-state index in [1.165, 1.54) is 6.42 Å². The van der Waals surface area contributed by atoms with Crippen molar-refractivity contribution in [3.05, 3.63) is 65.5 Å². The molecule has 4 rings (SSSR count). The van der Waals surface area contributed by atoms with Crippen molar-refractivity contribution in [2.75, 3.05) is 13.1 Å². The number of carbonyl (C=O) groups excluding carboxylic acids is 1. The summed E-state index contributed by atoms with van der Waals surface area (Å²) >= 11 is 0. The van der Waals surface area contributed by atoms with E-state index in [2.05, 4.69) is 29.8 Å². The number of benzene rings is 1. The molecule has 1 aliphatic heterocycles. The third kappa shape index (κ3) is 2.72. The van der Waals surface area contributed by atoms with Crippen molar-refractivity contribution < 1.29 is 4.79 Å². The van der Waals surface area contributed by atoms with E-state index < -0.39 is 0 Å². The predicted octanol–water partition coefficient (Wildman–Crippen LogP) is 3.79. The Hall–Kier alpha value is -2.16. The first-order valence-electron chi connectivity index (χ1n) is 8.81. The van der Waals surface area contributed by atoms with Gasteiger partial charge in [0, 0.05) is 37.0 Å². The normalized spacial score (nSPS) is 24.3. The van der Waals surface area contributed by atoms with E-state index in [1.807, 2.05) is 42.6 Å². The molecule has 0 N–H and O–H groups in total. The molecule has 2 fully saturated rings. The Morgan fingerprint density at radius 3 is 2.79 bits per heavy atom. The zero-order valence-corrected chi connectivity index (χ0v) is 14.4. The summed E-state index contributed by atoms with van der Waals surface area (Å²) < 4.78 is 0. The molecule has 0 spiro atoms. The maximum atomic E-state index is 12.9. The Kier molecular flexibility index (Phi) is 3.67. The van der Waals surface area contributed by atoms with Crippen LogP contribution < -0.4 is 0 Å². The van der Waals surface area contributed by atoms with Crippen LogP contribution in [0.4, 0.5) is 0 Å². The van der Waals surface area contributed by atoms with Crippen LogP contribution in [0.25, 0.3) is 0 Å².